The van der Waals surface area contributed by atoms with Gasteiger partial charge in [0.15, 0.2) is 6.23 Å². The molecule has 2 rings (SSSR count). The van der Waals surface area contributed by atoms with Gasteiger partial charge in [-0.1, -0.05) is 12.2 Å². The molecule has 4 unspecified atom stereocenters. The molecule has 1 aliphatic heterocycles. The normalized spacial score (nSPS) is 35.9. The van der Waals surface area contributed by atoms with Crippen LogP contribution >= 0.6 is 12.2 Å². The van der Waals surface area contributed by atoms with Crippen molar-refractivity contribution >= 4 is 12.2 Å². The van der Waals surface area contributed by atoms with Gasteiger partial charge in [0, 0.05) is 6.20 Å². The molecule has 4 N–H and O–H groups in total. The number of nitrogens with one attached hydrogen (secondary N) is 1. The van der Waals surface area contributed by atoms with Crippen molar-refractivity contribution < 1.29 is 20.1 Å². The third kappa shape index (κ3) is 2.02. The minimum atomic E-state index is -1.69. The molecule has 4 atom stereocenters. The maximum absolute atomic E-state index is 11.7. The van der Waals surface area contributed by atoms with Crippen molar-refractivity contribution in [3.63, 3.8) is 0 Å². The second kappa shape index (κ2) is 4.56. The van der Waals surface area contributed by atoms with Crippen LogP contribution in [0, 0.1) is 4.64 Å². The molecule has 0 bridgehead atoms. The van der Waals surface area contributed by atoms with Crippen LogP contribution in [-0.2, 0) is 4.74 Å². The highest BCUT2D eigenvalue weighted by atomic mass is 32.1. The first-order valence-electron chi connectivity index (χ1n) is 5.36. The van der Waals surface area contributed by atoms with Crippen molar-refractivity contribution in [3.8, 4) is 0 Å². The first kappa shape index (κ1) is 13.4. The van der Waals surface area contributed by atoms with Crippen molar-refractivity contribution in [1.82, 2.24) is 9.55 Å². The lowest BCUT2D eigenvalue weighted by Crippen LogP contribution is -2.46. The summed E-state index contributed by atoms with van der Waals surface area (Å²) in [5.74, 6) is 0. The fraction of sp³-hybridized carbons (Fsp3) is 0.600. The van der Waals surface area contributed by atoms with Gasteiger partial charge in [0.05, 0.1) is 6.61 Å². The van der Waals surface area contributed by atoms with Crippen molar-refractivity contribution in [3.05, 3.63) is 27.4 Å². The fourth-order valence-electron chi connectivity index (χ4n) is 2.00. The van der Waals surface area contributed by atoms with Gasteiger partial charge in [-0.3, -0.25) is 9.55 Å². The second-order valence-electron chi connectivity index (χ2n) is 4.40. The van der Waals surface area contributed by atoms with Crippen LogP contribution in [0.1, 0.15) is 13.2 Å². The maximum atomic E-state index is 11.7. The summed E-state index contributed by atoms with van der Waals surface area (Å²) in [6.45, 7) is 0.886. The van der Waals surface area contributed by atoms with E-state index in [0.29, 0.717) is 0 Å². The Bertz CT molecular complexity index is 552. The van der Waals surface area contributed by atoms with E-state index in [0.717, 1.165) is 4.57 Å². The molecule has 0 aromatic carbocycles. The van der Waals surface area contributed by atoms with Crippen LogP contribution in [0.4, 0.5) is 0 Å². The largest absolute Gasteiger partial charge is 0.394 e. The van der Waals surface area contributed by atoms with Crippen LogP contribution in [0.25, 0.3) is 0 Å². The Hall–Kier alpha value is -1.06. The van der Waals surface area contributed by atoms with Crippen molar-refractivity contribution in [2.75, 3.05) is 6.61 Å². The Morgan fingerprint density at radius 1 is 1.67 bits per heavy atom. The Labute approximate surface area is 107 Å². The number of nitrogens with zero attached hydrogens (tertiary/aromatic N) is 1. The highest BCUT2D eigenvalue weighted by Gasteiger charge is 2.53. The molecule has 8 heteroatoms. The van der Waals surface area contributed by atoms with Gasteiger partial charge in [0.2, 0.25) is 0 Å². The monoisotopic (exact) mass is 274 g/mol. The summed E-state index contributed by atoms with van der Waals surface area (Å²) >= 11 is 4.80. The van der Waals surface area contributed by atoms with Gasteiger partial charge in [-0.25, -0.2) is 4.79 Å². The summed E-state index contributed by atoms with van der Waals surface area (Å²) in [6, 6.07) is 1.47. The number of aromatic amines is 1. The molecule has 0 spiro atoms. The first-order valence-corrected chi connectivity index (χ1v) is 5.77. The van der Waals surface area contributed by atoms with E-state index in [9.17, 15) is 15.0 Å². The first-order chi connectivity index (χ1) is 8.37. The second-order valence-corrected chi connectivity index (χ2v) is 4.84. The van der Waals surface area contributed by atoms with E-state index >= 15 is 0 Å². The lowest BCUT2D eigenvalue weighted by atomic mass is 9.96. The molecule has 0 aliphatic carbocycles. The Morgan fingerprint density at radius 2 is 2.33 bits per heavy atom. The van der Waals surface area contributed by atoms with E-state index in [1.807, 2.05) is 0 Å². The van der Waals surface area contributed by atoms with Crippen LogP contribution in [-0.4, -0.2) is 49.3 Å². The Kier molecular flexibility index (Phi) is 3.39. The molecular weight excluding hydrogens is 260 g/mol. The predicted octanol–water partition coefficient (Wildman–Crippen LogP) is -1.09. The van der Waals surface area contributed by atoms with Gasteiger partial charge in [-0.05, 0) is 13.0 Å². The van der Waals surface area contributed by atoms with Gasteiger partial charge in [0.25, 0.3) is 0 Å². The molecule has 0 amide bonds. The molecule has 18 heavy (non-hydrogen) atoms. The molecule has 1 saturated heterocycles. The molecule has 1 fully saturated rings. The van der Waals surface area contributed by atoms with Gasteiger partial charge >= 0.3 is 5.69 Å². The highest BCUT2D eigenvalue weighted by molar-refractivity contribution is 7.71. The SMILES string of the molecule is CC1(O)C(O)C(CO)OC1n1ccc(=S)[nH]c1=O. The van der Waals surface area contributed by atoms with Crippen LogP contribution in [0.3, 0.4) is 0 Å². The van der Waals surface area contributed by atoms with E-state index < -0.39 is 36.3 Å². The van der Waals surface area contributed by atoms with E-state index in [1.165, 1.54) is 19.2 Å². The number of ether oxygens (including phenoxy) is 1. The number of aliphatic hydroxyl groups is 3. The molecule has 100 valence electrons. The third-order valence-electron chi connectivity index (χ3n) is 3.04. The number of rotatable bonds is 2. The standard InChI is InChI=1S/C10H14N2O5S/c1-10(16)7(14)5(4-13)17-8(10)12-3-2-6(18)11-9(12)15/h2-3,5,7-8,13-14,16H,4H2,1H3,(H,11,15,18). The van der Waals surface area contributed by atoms with Crippen molar-refractivity contribution in [2.24, 2.45) is 0 Å². The van der Waals surface area contributed by atoms with Crippen molar-refractivity contribution in [2.45, 2.75) is 31.0 Å². The van der Waals surface area contributed by atoms with Crippen LogP contribution in [0.15, 0.2) is 17.1 Å². The van der Waals surface area contributed by atoms with Crippen LogP contribution < -0.4 is 5.69 Å². The minimum absolute atomic E-state index is 0.258. The van der Waals surface area contributed by atoms with Gasteiger partial charge < -0.3 is 20.1 Å². The zero-order chi connectivity index (χ0) is 13.5. The molecule has 7 nitrogen and oxygen atoms in total. The summed E-state index contributed by atoms with van der Waals surface area (Å²) in [5.41, 5.74) is -2.24. The summed E-state index contributed by atoms with van der Waals surface area (Å²) in [6.07, 6.45) is -1.96. The zero-order valence-electron chi connectivity index (χ0n) is 9.61. The zero-order valence-corrected chi connectivity index (χ0v) is 10.4. The highest BCUT2D eigenvalue weighted by Crippen LogP contribution is 2.37. The molecule has 0 radical (unpaired) electrons. The average molecular weight is 274 g/mol. The summed E-state index contributed by atoms with van der Waals surface area (Å²) in [5, 5.41) is 29.0. The molecule has 2 heterocycles. The van der Waals surface area contributed by atoms with Gasteiger partial charge in [-0.2, -0.15) is 0 Å². The minimum Gasteiger partial charge on any atom is -0.394 e. The van der Waals surface area contributed by atoms with E-state index in [4.69, 9.17) is 22.1 Å². The molecule has 1 aromatic heterocycles. The number of hydrogen-bond acceptors (Lipinski definition) is 6. The van der Waals surface area contributed by atoms with Crippen LogP contribution in [0.2, 0.25) is 0 Å². The number of aromatic nitrogens is 2. The van der Waals surface area contributed by atoms with E-state index in [2.05, 4.69) is 4.98 Å². The molecule has 1 aliphatic rings. The smallest absolute Gasteiger partial charge is 0.328 e. The molecular formula is C10H14N2O5S. The van der Waals surface area contributed by atoms with Gasteiger partial charge in [-0.15, -0.1) is 0 Å². The molecule has 1 aromatic rings. The number of aliphatic hydroxyl groups excluding tert-OH is 2. The van der Waals surface area contributed by atoms with Crippen LogP contribution in [0.5, 0.6) is 0 Å². The molecule has 0 saturated carbocycles. The lowest BCUT2D eigenvalue weighted by molar-refractivity contribution is -0.0987. The quantitative estimate of drug-likeness (QED) is 0.510. The topological polar surface area (TPSA) is 108 Å². The number of hydrogen-bond donors (Lipinski definition) is 4. The Balaban J connectivity index is 2.45. The van der Waals surface area contributed by atoms with Gasteiger partial charge in [0.1, 0.15) is 22.4 Å². The Morgan fingerprint density at radius 3 is 2.83 bits per heavy atom. The summed E-state index contributed by atoms with van der Waals surface area (Å²) < 4.78 is 6.65. The van der Waals surface area contributed by atoms with E-state index in [1.54, 1.807) is 0 Å². The third-order valence-corrected chi connectivity index (χ3v) is 3.28. The fourth-order valence-corrected chi connectivity index (χ4v) is 2.15. The lowest BCUT2D eigenvalue weighted by Gasteiger charge is -2.27. The predicted molar refractivity (Wildman–Crippen MR) is 63.5 cm³/mol. The average Bonchev–Trinajstić information content (AvgIpc) is 2.52. The maximum Gasteiger partial charge on any atom is 0.328 e. The van der Waals surface area contributed by atoms with Crippen molar-refractivity contribution in [1.29, 1.82) is 0 Å². The summed E-state index contributed by atoms with van der Waals surface area (Å²) in [4.78, 5) is 14.1. The van der Waals surface area contributed by atoms with E-state index in [-0.39, 0.29) is 4.64 Å². The summed E-state index contributed by atoms with van der Waals surface area (Å²) in [7, 11) is 0. The number of H-pyrrole nitrogens is 1.